The molecular weight excluding hydrogens is 416 g/mol. The molecule has 1 amide bonds. The Morgan fingerprint density at radius 1 is 1.00 bits per heavy atom. The molecule has 3 heterocycles. The van der Waals surface area contributed by atoms with Gasteiger partial charge in [0.15, 0.2) is 0 Å². The maximum absolute atomic E-state index is 12.3. The zero-order valence-electron chi connectivity index (χ0n) is 18.9. The molecule has 7 heteroatoms. The van der Waals surface area contributed by atoms with Gasteiger partial charge in [-0.3, -0.25) is 9.38 Å². The predicted molar refractivity (Wildman–Crippen MR) is 125 cm³/mol. The molecule has 0 N–H and O–H groups in total. The Bertz CT molecular complexity index is 1270. The Labute approximate surface area is 192 Å². The molecular formula is C26H26N4O3. The van der Waals surface area contributed by atoms with E-state index in [9.17, 15) is 4.79 Å². The van der Waals surface area contributed by atoms with Crippen LogP contribution in [0.5, 0.6) is 11.5 Å². The van der Waals surface area contributed by atoms with Crippen LogP contribution < -0.4 is 4.74 Å². The van der Waals surface area contributed by atoms with Gasteiger partial charge in [0.1, 0.15) is 22.9 Å². The summed E-state index contributed by atoms with van der Waals surface area (Å²) < 4.78 is 13.4. The van der Waals surface area contributed by atoms with E-state index in [2.05, 4.69) is 4.98 Å². The van der Waals surface area contributed by atoms with E-state index in [0.29, 0.717) is 13.1 Å². The summed E-state index contributed by atoms with van der Waals surface area (Å²) in [5.41, 5.74) is 2.37. The van der Waals surface area contributed by atoms with E-state index < -0.39 is 5.60 Å². The second-order valence-corrected chi connectivity index (χ2v) is 9.17. The van der Waals surface area contributed by atoms with E-state index in [4.69, 9.17) is 14.5 Å². The zero-order valence-corrected chi connectivity index (χ0v) is 18.9. The number of hydrogen-bond acceptors (Lipinski definition) is 5. The van der Waals surface area contributed by atoms with Gasteiger partial charge in [-0.2, -0.15) is 0 Å². The molecule has 0 aliphatic carbocycles. The minimum Gasteiger partial charge on any atom is -0.457 e. The fourth-order valence-electron chi connectivity index (χ4n) is 3.89. The van der Waals surface area contributed by atoms with Gasteiger partial charge in [-0.25, -0.2) is 9.78 Å². The van der Waals surface area contributed by atoms with E-state index in [1.54, 1.807) is 11.1 Å². The van der Waals surface area contributed by atoms with Crippen molar-refractivity contribution >= 4 is 11.6 Å². The SMILES string of the molecule is CC(C)(C)OC(=O)N1CC(c2nc(-c3ccc(Oc4ccccc4)cc3)n3ccncc23)C1. The largest absolute Gasteiger partial charge is 0.457 e. The Kier molecular flexibility index (Phi) is 5.24. The highest BCUT2D eigenvalue weighted by atomic mass is 16.6. The number of amides is 1. The first-order valence-corrected chi connectivity index (χ1v) is 11.0. The maximum atomic E-state index is 12.3. The first kappa shape index (κ1) is 21.0. The van der Waals surface area contributed by atoms with Crippen LogP contribution in [0.15, 0.2) is 73.2 Å². The molecule has 33 heavy (non-hydrogen) atoms. The number of rotatable bonds is 4. The van der Waals surface area contributed by atoms with Gasteiger partial charge < -0.3 is 14.4 Å². The third-order valence-electron chi connectivity index (χ3n) is 5.49. The van der Waals surface area contributed by atoms with E-state index >= 15 is 0 Å². The van der Waals surface area contributed by atoms with Crippen molar-refractivity contribution in [3.63, 3.8) is 0 Å². The molecule has 0 atom stereocenters. The summed E-state index contributed by atoms with van der Waals surface area (Å²) in [6.07, 6.45) is 5.21. The number of carbonyl (C=O) groups excluding carboxylic acids is 1. The molecule has 0 radical (unpaired) electrons. The van der Waals surface area contributed by atoms with Gasteiger partial charge in [-0.1, -0.05) is 18.2 Å². The van der Waals surface area contributed by atoms with Gasteiger partial charge in [-0.05, 0) is 57.2 Å². The number of imidazole rings is 1. The van der Waals surface area contributed by atoms with Gasteiger partial charge in [0, 0.05) is 37.0 Å². The number of likely N-dealkylation sites (tertiary alicyclic amines) is 1. The van der Waals surface area contributed by atoms with Crippen LogP contribution in [-0.2, 0) is 4.74 Å². The lowest BCUT2D eigenvalue weighted by Gasteiger charge is -2.39. The number of nitrogens with zero attached hydrogens (tertiary/aromatic N) is 4. The third kappa shape index (κ3) is 4.39. The van der Waals surface area contributed by atoms with Crippen molar-refractivity contribution in [1.29, 1.82) is 0 Å². The van der Waals surface area contributed by atoms with Gasteiger partial charge >= 0.3 is 6.09 Å². The predicted octanol–water partition coefficient (Wildman–Crippen LogP) is 5.52. The van der Waals surface area contributed by atoms with E-state index in [1.165, 1.54) is 0 Å². The molecule has 7 nitrogen and oxygen atoms in total. The maximum Gasteiger partial charge on any atom is 0.410 e. The molecule has 0 bridgehead atoms. The summed E-state index contributed by atoms with van der Waals surface area (Å²) in [5, 5.41) is 0. The van der Waals surface area contributed by atoms with Gasteiger partial charge in [0.25, 0.3) is 0 Å². The van der Waals surface area contributed by atoms with Crippen LogP contribution in [0.1, 0.15) is 32.4 Å². The Morgan fingerprint density at radius 3 is 2.39 bits per heavy atom. The molecule has 1 aliphatic rings. The summed E-state index contributed by atoms with van der Waals surface area (Å²) in [7, 11) is 0. The molecule has 168 valence electrons. The summed E-state index contributed by atoms with van der Waals surface area (Å²) >= 11 is 0. The first-order chi connectivity index (χ1) is 15.9. The lowest BCUT2D eigenvalue weighted by Crippen LogP contribution is -2.50. The second kappa shape index (κ2) is 8.24. The minimum atomic E-state index is -0.503. The number of hydrogen-bond donors (Lipinski definition) is 0. The average molecular weight is 443 g/mol. The van der Waals surface area contributed by atoms with E-state index in [0.717, 1.165) is 34.1 Å². The highest BCUT2D eigenvalue weighted by molar-refractivity contribution is 5.71. The zero-order chi connectivity index (χ0) is 23.0. The fraction of sp³-hybridized carbons (Fsp3) is 0.269. The highest BCUT2D eigenvalue weighted by Crippen LogP contribution is 2.34. The number of carbonyl (C=O) groups is 1. The van der Waals surface area contributed by atoms with Crippen LogP contribution in [0.4, 0.5) is 4.79 Å². The van der Waals surface area contributed by atoms with E-state index in [1.807, 2.05) is 92.2 Å². The van der Waals surface area contributed by atoms with Crippen molar-refractivity contribution in [2.24, 2.45) is 0 Å². The summed E-state index contributed by atoms with van der Waals surface area (Å²) in [6.45, 7) is 6.79. The normalized spacial score (nSPS) is 14.2. The molecule has 4 aromatic rings. The highest BCUT2D eigenvalue weighted by Gasteiger charge is 2.37. The number of fused-ring (bicyclic) bond motifs is 1. The Hall–Kier alpha value is -3.87. The molecule has 0 spiro atoms. The first-order valence-electron chi connectivity index (χ1n) is 11.0. The van der Waals surface area contributed by atoms with Crippen molar-refractivity contribution in [3.05, 3.63) is 78.9 Å². The fourth-order valence-corrected chi connectivity index (χ4v) is 3.89. The second-order valence-electron chi connectivity index (χ2n) is 9.17. The lowest BCUT2D eigenvalue weighted by atomic mass is 9.96. The molecule has 1 aliphatic heterocycles. The van der Waals surface area contributed by atoms with Crippen molar-refractivity contribution < 1.29 is 14.3 Å². The number of ether oxygens (including phenoxy) is 2. The quantitative estimate of drug-likeness (QED) is 0.416. The number of para-hydroxylation sites is 1. The molecule has 0 unspecified atom stereocenters. The summed E-state index contributed by atoms with van der Waals surface area (Å²) in [6, 6.07) is 17.6. The van der Waals surface area contributed by atoms with E-state index in [-0.39, 0.29) is 12.0 Å². The van der Waals surface area contributed by atoms with Gasteiger partial charge in [0.2, 0.25) is 0 Å². The standard InChI is InChI=1S/C26H26N4O3/c1-26(2,3)33-25(31)29-16-19(17-29)23-22-15-27-13-14-30(22)24(28-23)18-9-11-21(12-10-18)32-20-7-5-4-6-8-20/h4-15,19H,16-17H2,1-3H3. The van der Waals surface area contributed by atoms with Gasteiger partial charge in [-0.15, -0.1) is 0 Å². The molecule has 1 fully saturated rings. The van der Waals surface area contributed by atoms with Crippen molar-refractivity contribution in [2.45, 2.75) is 32.3 Å². The average Bonchev–Trinajstić information content (AvgIpc) is 3.12. The molecule has 2 aromatic heterocycles. The Morgan fingerprint density at radius 2 is 1.70 bits per heavy atom. The van der Waals surface area contributed by atoms with Crippen LogP contribution in [0.2, 0.25) is 0 Å². The van der Waals surface area contributed by atoms with Crippen LogP contribution in [-0.4, -0.2) is 44.1 Å². The van der Waals surface area contributed by atoms with Gasteiger partial charge in [0.05, 0.1) is 17.4 Å². The topological polar surface area (TPSA) is 69.0 Å². The number of benzene rings is 2. The van der Waals surface area contributed by atoms with Crippen molar-refractivity contribution in [2.75, 3.05) is 13.1 Å². The monoisotopic (exact) mass is 442 g/mol. The van der Waals surface area contributed by atoms with Crippen LogP contribution in [0.25, 0.3) is 16.9 Å². The van der Waals surface area contributed by atoms with Crippen LogP contribution in [0, 0.1) is 0 Å². The summed E-state index contributed by atoms with van der Waals surface area (Å²) in [4.78, 5) is 23.3. The third-order valence-corrected chi connectivity index (χ3v) is 5.49. The lowest BCUT2D eigenvalue weighted by molar-refractivity contribution is 0.00801. The summed E-state index contributed by atoms with van der Waals surface area (Å²) in [5.74, 6) is 2.54. The Balaban J connectivity index is 1.37. The molecule has 5 rings (SSSR count). The smallest absolute Gasteiger partial charge is 0.410 e. The van der Waals surface area contributed by atoms with Crippen molar-refractivity contribution in [3.8, 4) is 22.9 Å². The van der Waals surface area contributed by atoms with Crippen LogP contribution in [0.3, 0.4) is 0 Å². The minimum absolute atomic E-state index is 0.145. The molecule has 2 aromatic carbocycles. The number of aromatic nitrogens is 3. The molecule has 0 saturated carbocycles. The van der Waals surface area contributed by atoms with Crippen molar-refractivity contribution in [1.82, 2.24) is 19.3 Å². The molecule has 1 saturated heterocycles. The van der Waals surface area contributed by atoms with Crippen LogP contribution >= 0.6 is 0 Å².